The zero-order chi connectivity index (χ0) is 18.0. The number of hydrogen-bond donors (Lipinski definition) is 2. The second-order valence-electron chi connectivity index (χ2n) is 7.96. The van der Waals surface area contributed by atoms with Gasteiger partial charge in [0, 0.05) is 18.9 Å². The summed E-state index contributed by atoms with van der Waals surface area (Å²) in [6.45, 7) is 3.44. The van der Waals surface area contributed by atoms with Gasteiger partial charge in [0.2, 0.25) is 0 Å². The highest BCUT2D eigenvalue weighted by atomic mass is 16.7. The van der Waals surface area contributed by atoms with E-state index in [0.29, 0.717) is 13.2 Å². The molecule has 1 aromatic carbocycles. The molecular formula is C21H30N2O3. The molecule has 1 aromatic rings. The summed E-state index contributed by atoms with van der Waals surface area (Å²) in [6, 6.07) is 6.81. The van der Waals surface area contributed by atoms with Gasteiger partial charge in [-0.05, 0) is 62.1 Å². The van der Waals surface area contributed by atoms with Crippen LogP contribution in [-0.4, -0.2) is 31.1 Å². The van der Waals surface area contributed by atoms with Crippen molar-refractivity contribution in [1.29, 1.82) is 0 Å². The Balaban J connectivity index is 1.28. The van der Waals surface area contributed by atoms with Crippen molar-refractivity contribution in [3.8, 4) is 0 Å². The number of urea groups is 1. The van der Waals surface area contributed by atoms with E-state index in [2.05, 4.69) is 35.8 Å². The van der Waals surface area contributed by atoms with E-state index in [0.717, 1.165) is 32.1 Å². The Kier molecular flexibility index (Phi) is 5.18. The lowest BCUT2D eigenvalue weighted by Gasteiger charge is -2.35. The lowest BCUT2D eigenvalue weighted by atomic mass is 9.89. The largest absolute Gasteiger partial charge is 0.348 e. The third-order valence-corrected chi connectivity index (χ3v) is 6.12. The lowest BCUT2D eigenvalue weighted by Crippen LogP contribution is -2.47. The first kappa shape index (κ1) is 17.8. The molecule has 142 valence electrons. The average molecular weight is 358 g/mol. The molecule has 0 aromatic heterocycles. The number of ether oxygens (including phenoxy) is 2. The summed E-state index contributed by atoms with van der Waals surface area (Å²) < 4.78 is 11.5. The Morgan fingerprint density at radius 2 is 1.81 bits per heavy atom. The molecule has 0 radical (unpaired) electrons. The molecule has 2 N–H and O–H groups in total. The maximum Gasteiger partial charge on any atom is 0.315 e. The number of carbonyl (C=O) groups excluding carboxylic acids is 1. The number of rotatable bonds is 3. The van der Waals surface area contributed by atoms with Gasteiger partial charge in [0.25, 0.3) is 0 Å². The highest BCUT2D eigenvalue weighted by Gasteiger charge is 2.40. The van der Waals surface area contributed by atoms with Crippen molar-refractivity contribution < 1.29 is 14.3 Å². The van der Waals surface area contributed by atoms with Crippen molar-refractivity contribution in [2.45, 2.75) is 76.2 Å². The average Bonchev–Trinajstić information content (AvgIpc) is 3.11. The molecule has 1 saturated heterocycles. The molecule has 1 spiro atoms. The highest BCUT2D eigenvalue weighted by Crippen LogP contribution is 2.35. The Bertz CT molecular complexity index is 645. The van der Waals surface area contributed by atoms with Crippen molar-refractivity contribution in [3.63, 3.8) is 0 Å². The number of nitrogens with one attached hydrogen (secondary N) is 2. The number of aryl methyl sites for hydroxylation is 2. The fourth-order valence-electron chi connectivity index (χ4n) is 4.52. The van der Waals surface area contributed by atoms with Crippen LogP contribution in [0.5, 0.6) is 0 Å². The van der Waals surface area contributed by atoms with Crippen LogP contribution in [0.15, 0.2) is 18.2 Å². The standard InChI is InChI=1S/C21H30N2O3/c1-15(17-7-6-16-4-2-3-5-18(16)14-17)22-20(24)23-19-8-10-21(11-9-19)25-12-13-26-21/h6-7,14-15,19H,2-5,8-13H2,1H3,(H2,22,23,24)/t15-/m0/s1. The topological polar surface area (TPSA) is 59.6 Å². The predicted molar refractivity (Wildman–Crippen MR) is 100 cm³/mol. The maximum absolute atomic E-state index is 12.4. The summed E-state index contributed by atoms with van der Waals surface area (Å²) in [4.78, 5) is 12.4. The van der Waals surface area contributed by atoms with E-state index in [1.54, 1.807) is 0 Å². The van der Waals surface area contributed by atoms with Crippen molar-refractivity contribution >= 4 is 6.03 Å². The van der Waals surface area contributed by atoms with Crippen molar-refractivity contribution in [1.82, 2.24) is 10.6 Å². The lowest BCUT2D eigenvalue weighted by molar-refractivity contribution is -0.179. The Hall–Kier alpha value is -1.59. The van der Waals surface area contributed by atoms with Gasteiger partial charge >= 0.3 is 6.03 Å². The van der Waals surface area contributed by atoms with Gasteiger partial charge in [0.1, 0.15) is 0 Å². The molecule has 2 aliphatic carbocycles. The van der Waals surface area contributed by atoms with Gasteiger partial charge in [-0.25, -0.2) is 4.79 Å². The number of amides is 2. The summed E-state index contributed by atoms with van der Waals surface area (Å²) in [5, 5.41) is 6.23. The van der Waals surface area contributed by atoms with Gasteiger partial charge in [0.15, 0.2) is 5.79 Å². The summed E-state index contributed by atoms with van der Waals surface area (Å²) >= 11 is 0. The van der Waals surface area contributed by atoms with E-state index in [-0.39, 0.29) is 23.9 Å². The predicted octanol–water partition coefficient (Wildman–Crippen LogP) is 3.61. The van der Waals surface area contributed by atoms with Gasteiger partial charge in [-0.1, -0.05) is 18.2 Å². The minimum absolute atomic E-state index is 0.0126. The van der Waals surface area contributed by atoms with Crippen LogP contribution in [0.3, 0.4) is 0 Å². The van der Waals surface area contributed by atoms with Gasteiger partial charge in [-0.15, -0.1) is 0 Å². The molecule has 3 aliphatic rings. The van der Waals surface area contributed by atoms with Crippen molar-refractivity contribution in [2.24, 2.45) is 0 Å². The first-order valence-electron chi connectivity index (χ1n) is 10.1. The summed E-state index contributed by atoms with van der Waals surface area (Å²) in [5.74, 6) is -0.370. The molecule has 5 nitrogen and oxygen atoms in total. The van der Waals surface area contributed by atoms with Crippen LogP contribution in [0, 0.1) is 0 Å². The molecule has 2 amide bonds. The van der Waals surface area contributed by atoms with E-state index in [1.165, 1.54) is 36.0 Å². The molecule has 5 heteroatoms. The van der Waals surface area contributed by atoms with Gasteiger partial charge in [-0.3, -0.25) is 0 Å². The molecule has 26 heavy (non-hydrogen) atoms. The number of hydrogen-bond acceptors (Lipinski definition) is 3. The van der Waals surface area contributed by atoms with Crippen LogP contribution < -0.4 is 10.6 Å². The molecule has 1 atom stereocenters. The van der Waals surface area contributed by atoms with E-state index in [4.69, 9.17) is 9.47 Å². The smallest absolute Gasteiger partial charge is 0.315 e. The normalized spacial score (nSPS) is 23.4. The van der Waals surface area contributed by atoms with Crippen molar-refractivity contribution in [3.05, 3.63) is 34.9 Å². The fraction of sp³-hybridized carbons (Fsp3) is 0.667. The van der Waals surface area contributed by atoms with E-state index < -0.39 is 0 Å². The van der Waals surface area contributed by atoms with Crippen molar-refractivity contribution in [2.75, 3.05) is 13.2 Å². The monoisotopic (exact) mass is 358 g/mol. The first-order valence-corrected chi connectivity index (χ1v) is 10.1. The third kappa shape index (κ3) is 3.89. The van der Waals surface area contributed by atoms with Crippen LogP contribution >= 0.6 is 0 Å². The molecule has 2 fully saturated rings. The molecule has 1 heterocycles. The van der Waals surface area contributed by atoms with Crippen LogP contribution in [-0.2, 0) is 22.3 Å². The second-order valence-corrected chi connectivity index (χ2v) is 7.96. The molecule has 1 saturated carbocycles. The van der Waals surface area contributed by atoms with Gasteiger partial charge < -0.3 is 20.1 Å². The fourth-order valence-corrected chi connectivity index (χ4v) is 4.52. The van der Waals surface area contributed by atoms with E-state index in [1.807, 2.05) is 0 Å². The van der Waals surface area contributed by atoms with E-state index in [9.17, 15) is 4.79 Å². The zero-order valence-corrected chi connectivity index (χ0v) is 15.7. The SMILES string of the molecule is C[C@H](NC(=O)NC1CCC2(CC1)OCCO2)c1ccc2c(c1)CCCC2. The summed E-state index contributed by atoms with van der Waals surface area (Å²) in [6.07, 6.45) is 8.44. The van der Waals surface area contributed by atoms with Crippen LogP contribution in [0.1, 0.15) is 68.2 Å². The molecular weight excluding hydrogens is 328 g/mol. The number of fused-ring (bicyclic) bond motifs is 1. The van der Waals surface area contributed by atoms with Crippen LogP contribution in [0.25, 0.3) is 0 Å². The van der Waals surface area contributed by atoms with E-state index >= 15 is 0 Å². The molecule has 0 unspecified atom stereocenters. The first-order chi connectivity index (χ1) is 12.6. The Labute approximate surface area is 155 Å². The number of carbonyl (C=O) groups is 1. The molecule has 4 rings (SSSR count). The van der Waals surface area contributed by atoms with Gasteiger partial charge in [-0.2, -0.15) is 0 Å². The Morgan fingerprint density at radius 1 is 1.12 bits per heavy atom. The molecule has 0 bridgehead atoms. The Morgan fingerprint density at radius 3 is 2.54 bits per heavy atom. The number of benzene rings is 1. The zero-order valence-electron chi connectivity index (χ0n) is 15.7. The summed E-state index contributed by atoms with van der Waals surface area (Å²) in [5.41, 5.74) is 4.12. The minimum atomic E-state index is -0.370. The highest BCUT2D eigenvalue weighted by molar-refractivity contribution is 5.74. The quantitative estimate of drug-likeness (QED) is 0.868. The third-order valence-electron chi connectivity index (χ3n) is 6.12. The summed E-state index contributed by atoms with van der Waals surface area (Å²) in [7, 11) is 0. The van der Waals surface area contributed by atoms with Crippen LogP contribution in [0.2, 0.25) is 0 Å². The van der Waals surface area contributed by atoms with Crippen LogP contribution in [0.4, 0.5) is 4.79 Å². The second kappa shape index (κ2) is 7.57. The molecule has 1 aliphatic heterocycles. The van der Waals surface area contributed by atoms with Gasteiger partial charge in [0.05, 0.1) is 19.3 Å². The minimum Gasteiger partial charge on any atom is -0.348 e. The maximum atomic E-state index is 12.4.